The molecule has 5 atom stereocenters. The Morgan fingerprint density at radius 2 is 1.97 bits per heavy atom. The molecule has 1 N–H and O–H groups in total. The number of fused-ring (bicyclic) bond motifs is 2. The van der Waals surface area contributed by atoms with Crippen LogP contribution in [-0.4, -0.2) is 61.4 Å². The first-order valence-corrected chi connectivity index (χ1v) is 10.9. The van der Waals surface area contributed by atoms with Crippen LogP contribution in [-0.2, 0) is 23.8 Å². The highest BCUT2D eigenvalue weighted by molar-refractivity contribution is 6.04. The van der Waals surface area contributed by atoms with Gasteiger partial charge in [-0.3, -0.25) is 0 Å². The maximum absolute atomic E-state index is 12.6. The van der Waals surface area contributed by atoms with E-state index in [0.717, 1.165) is 0 Å². The van der Waals surface area contributed by atoms with E-state index in [2.05, 4.69) is 11.7 Å². The highest BCUT2D eigenvalue weighted by Crippen LogP contribution is 2.42. The number of aryl methyl sites for hydroxylation is 1. The van der Waals surface area contributed by atoms with Gasteiger partial charge in [-0.05, 0) is 39.3 Å². The lowest BCUT2D eigenvalue weighted by molar-refractivity contribution is -0.287. The summed E-state index contributed by atoms with van der Waals surface area (Å²) in [6, 6.07) is 3.13. The molecule has 2 saturated heterocycles. The van der Waals surface area contributed by atoms with Crippen molar-refractivity contribution in [3.8, 4) is 11.5 Å². The number of carbonyl (C=O) groups is 1. The number of ether oxygens (including phenoxy) is 5. The van der Waals surface area contributed by atoms with Gasteiger partial charge in [-0.1, -0.05) is 11.2 Å². The Kier molecular flexibility index (Phi) is 6.48. The van der Waals surface area contributed by atoms with Crippen molar-refractivity contribution in [3.05, 3.63) is 46.3 Å². The molecule has 1 unspecified atom stereocenters. The quantitative estimate of drug-likeness (QED) is 0.203. The smallest absolute Gasteiger partial charge is 0.506 e. The molecule has 3 heterocycles. The van der Waals surface area contributed by atoms with Crippen molar-refractivity contribution in [1.82, 2.24) is 0 Å². The van der Waals surface area contributed by atoms with Crippen LogP contribution in [0.25, 0.3) is 11.0 Å². The van der Waals surface area contributed by atoms with Gasteiger partial charge < -0.3 is 38.0 Å². The van der Waals surface area contributed by atoms with Gasteiger partial charge in [0.05, 0.1) is 11.1 Å². The standard InChI is InChI=1S/C24H27NO10/c1-7-10-24(4)20(29-5)18-19(34-23(28)33-18)22(35-24)31-14-9-8-13-16(26)15(12(3)25-30-6)21(27)32-17(13)11(14)2/h7-9,18-20,22,26H,1,10H2,2-6H3/b25-12-/t18-,19+,20+,22?,24-/m0/s1. The Morgan fingerprint density at radius 3 is 2.63 bits per heavy atom. The molecule has 1 aromatic heterocycles. The average molecular weight is 489 g/mol. The van der Waals surface area contributed by atoms with Crippen molar-refractivity contribution in [2.45, 2.75) is 57.4 Å². The normalized spacial score (nSPS) is 28.3. The van der Waals surface area contributed by atoms with Gasteiger partial charge in [-0.25, -0.2) is 9.59 Å². The second-order valence-corrected chi connectivity index (χ2v) is 8.52. The molecule has 188 valence electrons. The van der Waals surface area contributed by atoms with E-state index in [0.29, 0.717) is 17.7 Å². The van der Waals surface area contributed by atoms with Crippen molar-refractivity contribution in [2.24, 2.45) is 5.16 Å². The lowest BCUT2D eigenvalue weighted by Gasteiger charge is -2.46. The first-order valence-electron chi connectivity index (χ1n) is 10.9. The van der Waals surface area contributed by atoms with Crippen LogP contribution in [0.2, 0.25) is 0 Å². The fraction of sp³-hybridized carbons (Fsp3) is 0.458. The van der Waals surface area contributed by atoms with E-state index in [9.17, 15) is 14.7 Å². The number of benzene rings is 1. The zero-order valence-corrected chi connectivity index (χ0v) is 20.0. The second-order valence-electron chi connectivity index (χ2n) is 8.52. The zero-order chi connectivity index (χ0) is 25.5. The van der Waals surface area contributed by atoms with Crippen molar-refractivity contribution in [3.63, 3.8) is 0 Å². The average Bonchev–Trinajstić information content (AvgIpc) is 3.17. The molecule has 1 aromatic carbocycles. The molecule has 2 aliphatic rings. The third-order valence-corrected chi connectivity index (χ3v) is 6.23. The number of hydrogen-bond donors (Lipinski definition) is 1. The number of methoxy groups -OCH3 is 1. The van der Waals surface area contributed by atoms with Crippen LogP contribution in [0.3, 0.4) is 0 Å². The molecule has 11 heteroatoms. The van der Waals surface area contributed by atoms with Gasteiger partial charge in [0.25, 0.3) is 0 Å². The summed E-state index contributed by atoms with van der Waals surface area (Å²) in [4.78, 5) is 29.3. The summed E-state index contributed by atoms with van der Waals surface area (Å²) < 4.78 is 34.2. The predicted octanol–water partition coefficient (Wildman–Crippen LogP) is 3.17. The van der Waals surface area contributed by atoms with Gasteiger partial charge in [0.2, 0.25) is 12.4 Å². The topological polar surface area (TPSA) is 135 Å². The molecule has 35 heavy (non-hydrogen) atoms. The third-order valence-electron chi connectivity index (χ3n) is 6.23. The summed E-state index contributed by atoms with van der Waals surface area (Å²) >= 11 is 0. The van der Waals surface area contributed by atoms with Gasteiger partial charge >= 0.3 is 11.8 Å². The molecular weight excluding hydrogens is 462 g/mol. The van der Waals surface area contributed by atoms with E-state index < -0.39 is 42.0 Å². The molecule has 0 amide bonds. The van der Waals surface area contributed by atoms with Crippen LogP contribution in [0.5, 0.6) is 11.5 Å². The SMILES string of the molecule is C=CC[C@]1(C)OC(Oc2ccc3c(O)c(/C(C)=N\OC)c(=O)oc3c2C)[C@@H]2OC(=O)O[C@@H]2[C@H]1OC. The molecule has 4 rings (SSSR count). The Labute approximate surface area is 200 Å². The minimum Gasteiger partial charge on any atom is -0.506 e. The highest BCUT2D eigenvalue weighted by atomic mass is 16.8. The molecular formula is C24H27NO10. The zero-order valence-electron chi connectivity index (χ0n) is 20.0. The van der Waals surface area contributed by atoms with Crippen molar-refractivity contribution in [1.29, 1.82) is 0 Å². The van der Waals surface area contributed by atoms with Gasteiger partial charge in [-0.2, -0.15) is 0 Å². The summed E-state index contributed by atoms with van der Waals surface area (Å²) in [6.45, 7) is 8.76. The molecule has 0 saturated carbocycles. The maximum atomic E-state index is 12.6. The Bertz CT molecular complexity index is 1250. The number of oxime groups is 1. The minimum atomic E-state index is -1.06. The minimum absolute atomic E-state index is 0.105. The number of aromatic hydroxyl groups is 1. The number of carbonyl (C=O) groups excluding carboxylic acids is 1. The second kappa shape index (κ2) is 9.23. The van der Waals surface area contributed by atoms with Crippen molar-refractivity contribution < 1.29 is 42.8 Å². The van der Waals surface area contributed by atoms with Crippen LogP contribution in [0.1, 0.15) is 31.4 Å². The molecule has 11 nitrogen and oxygen atoms in total. The van der Waals surface area contributed by atoms with Crippen LogP contribution in [0.15, 0.2) is 39.2 Å². The van der Waals surface area contributed by atoms with E-state index in [1.807, 2.05) is 0 Å². The monoisotopic (exact) mass is 489 g/mol. The summed E-state index contributed by atoms with van der Waals surface area (Å²) in [5.41, 5.74) is -1.12. The van der Waals surface area contributed by atoms with E-state index in [-0.39, 0.29) is 28.0 Å². The van der Waals surface area contributed by atoms with Crippen molar-refractivity contribution in [2.75, 3.05) is 14.2 Å². The van der Waals surface area contributed by atoms with Crippen LogP contribution in [0, 0.1) is 6.92 Å². The van der Waals surface area contributed by atoms with E-state index in [4.69, 9.17) is 32.9 Å². The fourth-order valence-electron chi connectivity index (χ4n) is 4.62. The van der Waals surface area contributed by atoms with Crippen LogP contribution in [0.4, 0.5) is 4.79 Å². The molecule has 0 spiro atoms. The molecule has 2 aromatic rings. The number of nitrogens with zero attached hydrogens (tertiary/aromatic N) is 1. The summed E-state index contributed by atoms with van der Waals surface area (Å²) in [7, 11) is 2.82. The van der Waals surface area contributed by atoms with Gasteiger partial charge in [-0.15, -0.1) is 6.58 Å². The maximum Gasteiger partial charge on any atom is 0.509 e. The van der Waals surface area contributed by atoms with Gasteiger partial charge in [0.1, 0.15) is 41.5 Å². The van der Waals surface area contributed by atoms with Crippen molar-refractivity contribution >= 4 is 22.8 Å². The van der Waals surface area contributed by atoms with E-state index >= 15 is 0 Å². The summed E-state index contributed by atoms with van der Waals surface area (Å²) in [5, 5.41) is 14.7. The number of rotatable bonds is 7. The van der Waals surface area contributed by atoms with Crippen LogP contribution >= 0.6 is 0 Å². The first-order chi connectivity index (χ1) is 16.6. The molecule has 2 fully saturated rings. The third kappa shape index (κ3) is 4.10. The lowest BCUT2D eigenvalue weighted by atomic mass is 9.85. The molecule has 0 bridgehead atoms. The molecule has 2 aliphatic heterocycles. The summed E-state index contributed by atoms with van der Waals surface area (Å²) in [6.07, 6.45) is -2.16. The predicted molar refractivity (Wildman–Crippen MR) is 123 cm³/mol. The molecule has 0 radical (unpaired) electrons. The number of hydrogen-bond acceptors (Lipinski definition) is 11. The van der Waals surface area contributed by atoms with Gasteiger partial charge in [0, 0.05) is 12.7 Å². The Hall–Kier alpha value is -3.57. The largest absolute Gasteiger partial charge is 0.509 e. The summed E-state index contributed by atoms with van der Waals surface area (Å²) in [5.74, 6) is -0.00334. The Morgan fingerprint density at radius 1 is 1.26 bits per heavy atom. The first kappa shape index (κ1) is 24.6. The van der Waals surface area contributed by atoms with E-state index in [1.165, 1.54) is 27.2 Å². The lowest BCUT2D eigenvalue weighted by Crippen LogP contribution is -2.63. The van der Waals surface area contributed by atoms with Gasteiger partial charge in [0.15, 0.2) is 6.10 Å². The molecule has 0 aliphatic carbocycles. The highest BCUT2D eigenvalue weighted by Gasteiger charge is 2.60. The van der Waals surface area contributed by atoms with Crippen LogP contribution < -0.4 is 10.4 Å². The fourth-order valence-corrected chi connectivity index (χ4v) is 4.62. The van der Waals surface area contributed by atoms with E-state index in [1.54, 1.807) is 26.0 Å². The Balaban J connectivity index is 1.74.